The van der Waals surface area contributed by atoms with Gasteiger partial charge >= 0.3 is 0 Å². The fraction of sp³-hybridized carbons (Fsp3) is 0.667. The van der Waals surface area contributed by atoms with E-state index in [1.165, 1.54) is 4.88 Å². The van der Waals surface area contributed by atoms with Gasteiger partial charge in [0.1, 0.15) is 6.67 Å². The van der Waals surface area contributed by atoms with Crippen molar-refractivity contribution in [2.45, 2.75) is 25.4 Å². The third-order valence-corrected chi connectivity index (χ3v) is 3.28. The van der Waals surface area contributed by atoms with Crippen LogP contribution in [0, 0.1) is 0 Å². The number of alkyl halides is 1. The van der Waals surface area contributed by atoms with Crippen LogP contribution in [-0.2, 0) is 6.54 Å². The highest BCUT2D eigenvalue weighted by Crippen LogP contribution is 2.21. The number of rotatable bonds is 3. The molecule has 1 fully saturated rings. The summed E-state index contributed by atoms with van der Waals surface area (Å²) >= 11 is 1.65. The third kappa shape index (κ3) is 2.06. The van der Waals surface area contributed by atoms with E-state index in [4.69, 9.17) is 0 Å². The van der Waals surface area contributed by atoms with Crippen molar-refractivity contribution in [1.29, 1.82) is 0 Å². The number of halogens is 1. The Kier molecular flexibility index (Phi) is 2.90. The molecule has 0 spiro atoms. The molecule has 4 heteroatoms. The molecule has 0 aliphatic carbocycles. The van der Waals surface area contributed by atoms with E-state index in [1.54, 1.807) is 11.3 Å². The second kappa shape index (κ2) is 4.15. The van der Waals surface area contributed by atoms with Gasteiger partial charge < -0.3 is 0 Å². The Morgan fingerprint density at radius 2 is 2.62 bits per heavy atom. The predicted molar refractivity (Wildman–Crippen MR) is 51.5 cm³/mol. The quantitative estimate of drug-likeness (QED) is 0.742. The minimum Gasteiger partial charge on any atom is -0.293 e. The van der Waals surface area contributed by atoms with Gasteiger partial charge in [0.15, 0.2) is 0 Å². The Labute approximate surface area is 81.4 Å². The lowest BCUT2D eigenvalue weighted by Crippen LogP contribution is -2.30. The van der Waals surface area contributed by atoms with Gasteiger partial charge in [-0.2, -0.15) is 0 Å². The highest BCUT2D eigenvalue weighted by atomic mass is 32.1. The summed E-state index contributed by atoms with van der Waals surface area (Å²) in [4.78, 5) is 7.47. The zero-order valence-corrected chi connectivity index (χ0v) is 8.26. The van der Waals surface area contributed by atoms with Crippen molar-refractivity contribution in [2.75, 3.05) is 13.2 Å². The van der Waals surface area contributed by atoms with Crippen LogP contribution in [0.15, 0.2) is 11.7 Å². The van der Waals surface area contributed by atoms with E-state index in [0.29, 0.717) is 0 Å². The number of likely N-dealkylation sites (tertiary alicyclic amines) is 1. The second-order valence-corrected chi connectivity index (χ2v) is 4.36. The van der Waals surface area contributed by atoms with E-state index in [9.17, 15) is 4.39 Å². The van der Waals surface area contributed by atoms with E-state index in [1.807, 2.05) is 11.7 Å². The molecule has 2 rings (SSSR count). The molecule has 1 aromatic heterocycles. The molecule has 1 unspecified atom stereocenters. The van der Waals surface area contributed by atoms with Gasteiger partial charge in [0.25, 0.3) is 0 Å². The van der Waals surface area contributed by atoms with Crippen molar-refractivity contribution < 1.29 is 4.39 Å². The van der Waals surface area contributed by atoms with Crippen LogP contribution in [0.5, 0.6) is 0 Å². The van der Waals surface area contributed by atoms with Gasteiger partial charge in [-0.15, -0.1) is 11.3 Å². The van der Waals surface area contributed by atoms with E-state index in [0.717, 1.165) is 25.9 Å². The lowest BCUT2D eigenvalue weighted by atomic mass is 10.2. The maximum atomic E-state index is 12.5. The lowest BCUT2D eigenvalue weighted by Gasteiger charge is -2.20. The number of aromatic nitrogens is 1. The Morgan fingerprint density at radius 1 is 1.69 bits per heavy atom. The first-order valence-electron chi connectivity index (χ1n) is 4.57. The highest BCUT2D eigenvalue weighted by Gasteiger charge is 2.24. The summed E-state index contributed by atoms with van der Waals surface area (Å²) in [6.45, 7) is 1.70. The van der Waals surface area contributed by atoms with Crippen LogP contribution >= 0.6 is 11.3 Å². The van der Waals surface area contributed by atoms with Gasteiger partial charge in [-0.1, -0.05) is 0 Å². The summed E-state index contributed by atoms with van der Waals surface area (Å²) in [6.07, 6.45) is 4.01. The molecule has 0 amide bonds. The molecule has 1 atom stereocenters. The summed E-state index contributed by atoms with van der Waals surface area (Å²) in [5.41, 5.74) is 1.83. The Morgan fingerprint density at radius 3 is 3.31 bits per heavy atom. The molecule has 13 heavy (non-hydrogen) atoms. The van der Waals surface area contributed by atoms with Crippen molar-refractivity contribution >= 4 is 11.3 Å². The van der Waals surface area contributed by atoms with Gasteiger partial charge in [-0.25, -0.2) is 4.39 Å². The van der Waals surface area contributed by atoms with E-state index >= 15 is 0 Å². The van der Waals surface area contributed by atoms with Crippen LogP contribution < -0.4 is 0 Å². The number of hydrogen-bond donors (Lipinski definition) is 0. The van der Waals surface area contributed by atoms with Crippen LogP contribution in [0.4, 0.5) is 4.39 Å². The summed E-state index contributed by atoms with van der Waals surface area (Å²) in [6, 6.07) is 0.155. The smallest absolute Gasteiger partial charge is 0.105 e. The first-order chi connectivity index (χ1) is 6.40. The maximum Gasteiger partial charge on any atom is 0.105 e. The van der Waals surface area contributed by atoms with Crippen LogP contribution in [-0.4, -0.2) is 29.1 Å². The monoisotopic (exact) mass is 200 g/mol. The van der Waals surface area contributed by atoms with Crippen LogP contribution in [0.2, 0.25) is 0 Å². The van der Waals surface area contributed by atoms with E-state index in [-0.39, 0.29) is 12.7 Å². The molecule has 1 aromatic rings. The van der Waals surface area contributed by atoms with Gasteiger partial charge in [0.05, 0.1) is 5.51 Å². The van der Waals surface area contributed by atoms with E-state index in [2.05, 4.69) is 9.88 Å². The van der Waals surface area contributed by atoms with E-state index < -0.39 is 0 Å². The number of nitrogens with zero attached hydrogens (tertiary/aromatic N) is 2. The van der Waals surface area contributed by atoms with Crippen molar-refractivity contribution in [2.24, 2.45) is 0 Å². The van der Waals surface area contributed by atoms with Gasteiger partial charge in [0.2, 0.25) is 0 Å². The topological polar surface area (TPSA) is 16.1 Å². The molecular formula is C9H13FN2S. The van der Waals surface area contributed by atoms with Crippen molar-refractivity contribution in [3.63, 3.8) is 0 Å². The third-order valence-electron chi connectivity index (χ3n) is 2.52. The fourth-order valence-corrected chi connectivity index (χ4v) is 2.42. The van der Waals surface area contributed by atoms with Crippen molar-refractivity contribution in [3.8, 4) is 0 Å². The van der Waals surface area contributed by atoms with Gasteiger partial charge in [-0.05, 0) is 19.4 Å². The molecule has 0 N–H and O–H groups in total. The molecule has 1 aliphatic heterocycles. The van der Waals surface area contributed by atoms with Crippen LogP contribution in [0.1, 0.15) is 17.7 Å². The highest BCUT2D eigenvalue weighted by molar-refractivity contribution is 7.09. The number of hydrogen-bond acceptors (Lipinski definition) is 3. The summed E-state index contributed by atoms with van der Waals surface area (Å²) in [7, 11) is 0. The Balaban J connectivity index is 1.94. The Hall–Kier alpha value is -0.480. The molecule has 72 valence electrons. The molecule has 0 saturated carbocycles. The SMILES string of the molecule is FCC1CCCN1Cc1cncs1. The number of thiazole rings is 1. The Bertz CT molecular complexity index is 250. The average molecular weight is 200 g/mol. The molecule has 1 aliphatic rings. The zero-order chi connectivity index (χ0) is 9.10. The summed E-state index contributed by atoms with van der Waals surface area (Å²) in [5.74, 6) is 0. The zero-order valence-electron chi connectivity index (χ0n) is 7.45. The summed E-state index contributed by atoms with van der Waals surface area (Å²) in [5, 5.41) is 0. The lowest BCUT2D eigenvalue weighted by molar-refractivity contribution is 0.209. The molecule has 0 bridgehead atoms. The van der Waals surface area contributed by atoms with Crippen LogP contribution in [0.25, 0.3) is 0 Å². The fourth-order valence-electron chi connectivity index (χ4n) is 1.80. The molecular weight excluding hydrogens is 187 g/mol. The average Bonchev–Trinajstić information content (AvgIpc) is 2.76. The van der Waals surface area contributed by atoms with Crippen molar-refractivity contribution in [1.82, 2.24) is 9.88 Å². The van der Waals surface area contributed by atoms with Gasteiger partial charge in [-0.3, -0.25) is 9.88 Å². The molecule has 2 heterocycles. The minimum absolute atomic E-state index is 0.155. The first kappa shape index (κ1) is 9.09. The molecule has 0 radical (unpaired) electrons. The standard InChI is InChI=1S/C9H13FN2S/c10-4-8-2-1-3-12(8)6-9-5-11-7-13-9/h5,7-8H,1-4,6H2. The normalized spacial score (nSPS) is 23.9. The first-order valence-corrected chi connectivity index (χ1v) is 5.45. The summed E-state index contributed by atoms with van der Waals surface area (Å²) < 4.78 is 12.5. The molecule has 1 saturated heterocycles. The predicted octanol–water partition coefficient (Wildman–Crippen LogP) is 2.08. The largest absolute Gasteiger partial charge is 0.293 e. The van der Waals surface area contributed by atoms with Crippen molar-refractivity contribution in [3.05, 3.63) is 16.6 Å². The second-order valence-electron chi connectivity index (χ2n) is 3.39. The molecule has 0 aromatic carbocycles. The molecule has 2 nitrogen and oxygen atoms in total. The minimum atomic E-state index is -0.210. The maximum absolute atomic E-state index is 12.5. The van der Waals surface area contributed by atoms with Crippen LogP contribution in [0.3, 0.4) is 0 Å². The van der Waals surface area contributed by atoms with Gasteiger partial charge in [0, 0.05) is 23.7 Å².